The highest BCUT2D eigenvalue weighted by Crippen LogP contribution is 2.23. The summed E-state index contributed by atoms with van der Waals surface area (Å²) in [6.45, 7) is 3.16. The maximum absolute atomic E-state index is 12.9. The molecule has 1 aliphatic heterocycles. The van der Waals surface area contributed by atoms with E-state index in [-0.39, 0.29) is 59.5 Å². The summed E-state index contributed by atoms with van der Waals surface area (Å²) in [4.78, 5) is 25.5. The average Bonchev–Trinajstić information content (AvgIpc) is 3.35. The van der Waals surface area contributed by atoms with Crippen LogP contribution >= 0.6 is 0 Å². The molecule has 0 radical (unpaired) electrons. The van der Waals surface area contributed by atoms with Crippen molar-refractivity contribution in [3.8, 4) is 142 Å². The highest BCUT2D eigenvalue weighted by atomic mass is 16.7. The summed E-state index contributed by atoms with van der Waals surface area (Å²) in [5, 5.41) is 59.4. The monoisotopic (exact) mass is 975 g/mol. The molecular formula is C58H106N2O9. The number of aliphatic hydroxyl groups excluding tert-OH is 5. The number of carbonyl (C=O) groups excluding carboxylic acids is 2. The fraction of sp³-hybridized carbons (Fsp3) is 0.448. The number of hydrogen-bond donors (Lipinski definition) is 7. The van der Waals surface area contributed by atoms with Crippen molar-refractivity contribution in [1.29, 1.82) is 0 Å². The molecule has 1 fully saturated rings. The van der Waals surface area contributed by atoms with Crippen LogP contribution in [0.3, 0.4) is 0 Å². The van der Waals surface area contributed by atoms with Gasteiger partial charge in [-0.2, -0.15) is 0 Å². The number of aliphatic hydroxyl groups is 5. The smallest absolute Gasteiger partial charge is 0.297 e. The summed E-state index contributed by atoms with van der Waals surface area (Å²) in [7, 11) is 0. The molecule has 7 N–H and O–H groups in total. The van der Waals surface area contributed by atoms with Crippen molar-refractivity contribution < 1.29 is 78.8 Å². The van der Waals surface area contributed by atoms with E-state index in [0.29, 0.717) is 6.42 Å². The molecule has 0 saturated carbocycles. The van der Waals surface area contributed by atoms with Crippen molar-refractivity contribution in [2.45, 2.75) is 153 Å². The number of ether oxygens (including phenoxy) is 2. The molecule has 0 spiro atoms. The van der Waals surface area contributed by atoms with Gasteiger partial charge in [0.2, 0.25) is 5.91 Å². The Morgan fingerprint density at radius 1 is 0.623 bits per heavy atom. The number of rotatable bonds is 23. The molecule has 11 nitrogen and oxygen atoms in total. The van der Waals surface area contributed by atoms with Gasteiger partial charge in [-0.3, -0.25) is 9.59 Å². The van der Waals surface area contributed by atoms with Crippen LogP contribution in [0.15, 0.2) is 30.3 Å². The summed E-state index contributed by atoms with van der Waals surface area (Å²) in [5.41, 5.74) is 0.768. The number of benzene rings is 1. The number of unbranched alkanes of at least 4 members (excludes halogenated alkanes) is 11. The Balaban J connectivity index is -0.0000000972. The molecule has 402 valence electrons. The van der Waals surface area contributed by atoms with Gasteiger partial charge in [0.1, 0.15) is 30.5 Å². The number of nitrogens with one attached hydrogen (secondary N) is 2. The first-order valence-corrected chi connectivity index (χ1v) is 22.9. The lowest BCUT2D eigenvalue weighted by Gasteiger charge is -2.41. The van der Waals surface area contributed by atoms with Crippen LogP contribution in [0, 0.1) is 142 Å². The van der Waals surface area contributed by atoms with Gasteiger partial charge in [-0.15, -0.1) is 0 Å². The molecule has 0 bridgehead atoms. The molecule has 2 unspecified atom stereocenters. The predicted octanol–water partition coefficient (Wildman–Crippen LogP) is 8.43. The van der Waals surface area contributed by atoms with E-state index in [1.165, 1.54) is 44.9 Å². The van der Waals surface area contributed by atoms with E-state index in [2.05, 4.69) is 160 Å². The molecule has 1 saturated heterocycles. The molecular weight excluding hydrogens is 869 g/mol. The molecule has 2 amide bonds. The van der Waals surface area contributed by atoms with E-state index >= 15 is 0 Å². The van der Waals surface area contributed by atoms with Crippen LogP contribution in [0.4, 0.5) is 0 Å². The Morgan fingerprint density at radius 2 is 1.07 bits per heavy atom. The minimum atomic E-state index is -1.74. The summed E-state index contributed by atoms with van der Waals surface area (Å²) in [6.07, 6.45) is 3.32. The van der Waals surface area contributed by atoms with Gasteiger partial charge in [0.15, 0.2) is 6.29 Å². The first-order valence-electron chi connectivity index (χ1n) is 22.9. The lowest BCUT2D eigenvalue weighted by Crippen LogP contribution is -2.61. The second-order valence-corrected chi connectivity index (χ2v) is 15.3. The third-order valence-electron chi connectivity index (χ3n) is 9.91. The van der Waals surface area contributed by atoms with E-state index in [0.717, 1.165) is 31.2 Å². The van der Waals surface area contributed by atoms with Crippen molar-refractivity contribution in [2.24, 2.45) is 0 Å². The molecule has 2 rings (SSSR count). The number of hydrogen-bond acceptors (Lipinski definition) is 9. The van der Waals surface area contributed by atoms with Crippen molar-refractivity contribution in [3.05, 3.63) is 35.9 Å². The molecule has 1 aromatic carbocycles. The van der Waals surface area contributed by atoms with Crippen LogP contribution in [0.5, 0.6) is 0 Å². The molecule has 1 aliphatic rings. The normalized spacial score (nSPS) is 16.8. The quantitative estimate of drug-likeness (QED) is 0.0419. The topological polar surface area (TPSA) is 178 Å². The van der Waals surface area contributed by atoms with Gasteiger partial charge < -0.3 is 45.6 Å². The van der Waals surface area contributed by atoms with Gasteiger partial charge in [0.25, 0.3) is 5.91 Å². The van der Waals surface area contributed by atoms with Crippen molar-refractivity contribution in [2.75, 3.05) is 13.2 Å². The predicted molar refractivity (Wildman–Crippen MR) is 315 cm³/mol. The van der Waals surface area contributed by atoms with E-state index in [4.69, 9.17) is 9.47 Å². The SMILES string of the molecule is CC#CC#CC#CC#CC#CC#CC#CC#CC#CC#CC#CC#CC(=O)N[C@@H](CO[C@H]1OC(CNC(=O)Cc2ccccc2)[C@H](O)[C@H](O)C1O)[C@H](O)[C@H](O)CCCCCCCCCCCCCC.[HH].[HH].[HH].[HH].[HH].[HH].[HH].[HH].[HH].[HH].[HH].[HH].[HH].[HH].[HH].[HH].[HH].[HH].[HH].[HH].[HH].[HH].[HH].[HH]. The summed E-state index contributed by atoms with van der Waals surface area (Å²) in [5.74, 6) is 58.3. The summed E-state index contributed by atoms with van der Waals surface area (Å²) in [6, 6.07) is 7.74. The van der Waals surface area contributed by atoms with Crippen molar-refractivity contribution >= 4 is 11.8 Å². The van der Waals surface area contributed by atoms with Gasteiger partial charge in [-0.05, 0) is 114 Å². The van der Waals surface area contributed by atoms with Crippen LogP contribution in [0.25, 0.3) is 0 Å². The Kier molecular flexibility index (Phi) is 32.4. The van der Waals surface area contributed by atoms with E-state index < -0.39 is 61.5 Å². The molecule has 0 aromatic heterocycles. The summed E-state index contributed by atoms with van der Waals surface area (Å²) >= 11 is 0. The first kappa shape index (κ1) is 57.7. The Bertz CT molecular complexity index is 2670. The molecule has 1 heterocycles. The lowest BCUT2D eigenvalue weighted by atomic mass is 9.98. The maximum atomic E-state index is 12.9. The Morgan fingerprint density at radius 3 is 1.55 bits per heavy atom. The third-order valence-corrected chi connectivity index (χ3v) is 9.91. The maximum Gasteiger partial charge on any atom is 0.297 e. The zero-order valence-electron chi connectivity index (χ0n) is 39.2. The highest BCUT2D eigenvalue weighted by molar-refractivity contribution is 5.94. The van der Waals surface area contributed by atoms with E-state index in [1.807, 2.05) is 6.07 Å². The molecule has 0 aliphatic carbocycles. The van der Waals surface area contributed by atoms with Gasteiger partial charge in [0.05, 0.1) is 25.2 Å². The van der Waals surface area contributed by atoms with Gasteiger partial charge >= 0.3 is 0 Å². The van der Waals surface area contributed by atoms with Crippen LogP contribution < -0.4 is 10.6 Å². The number of amides is 2. The first-order chi connectivity index (χ1) is 33.7. The lowest BCUT2D eigenvalue weighted by molar-refractivity contribution is -0.297. The second-order valence-electron chi connectivity index (χ2n) is 15.3. The largest absolute Gasteiger partial charge is 0.390 e. The zero-order valence-corrected chi connectivity index (χ0v) is 39.2. The fourth-order valence-electron chi connectivity index (χ4n) is 6.32. The van der Waals surface area contributed by atoms with Crippen molar-refractivity contribution in [1.82, 2.24) is 10.6 Å². The van der Waals surface area contributed by atoms with E-state index in [9.17, 15) is 35.1 Å². The minimum absolute atomic E-state index is 0. The average molecular weight is 975 g/mol. The van der Waals surface area contributed by atoms with Crippen LogP contribution in [-0.2, 0) is 25.5 Å². The van der Waals surface area contributed by atoms with Gasteiger partial charge in [0, 0.05) is 82.2 Å². The molecule has 1 aromatic rings. The highest BCUT2D eigenvalue weighted by Gasteiger charge is 2.45. The van der Waals surface area contributed by atoms with E-state index in [1.54, 1.807) is 31.2 Å². The zero-order chi connectivity index (χ0) is 50.0. The Hall–Kier alpha value is -7.40. The second kappa shape index (κ2) is 38.7. The molecule has 69 heavy (non-hydrogen) atoms. The van der Waals surface area contributed by atoms with Crippen LogP contribution in [0.1, 0.15) is 137 Å². The van der Waals surface area contributed by atoms with Crippen molar-refractivity contribution in [3.63, 3.8) is 0 Å². The fourth-order valence-corrected chi connectivity index (χ4v) is 6.32. The molecule has 11 heteroatoms. The van der Waals surface area contributed by atoms with Gasteiger partial charge in [-0.25, -0.2) is 0 Å². The third kappa shape index (κ3) is 28.4. The Labute approximate surface area is 445 Å². The van der Waals surface area contributed by atoms with Crippen LogP contribution in [-0.4, -0.2) is 99.5 Å². The van der Waals surface area contributed by atoms with Gasteiger partial charge in [-0.1, -0.05) is 120 Å². The van der Waals surface area contributed by atoms with Crippen LogP contribution in [0.2, 0.25) is 0 Å². The standard InChI is InChI=1S/C58H58N2O9.24H2/c1-3-5-7-9-11-13-15-17-18-19-20-21-22-23-24-25-26-27-29-31-33-35-40-44-52(62)60-49(54(64)50(61)43-39-34-32-30-28-16-14-12-10-8-6-4-2)47-68-58-57(67)56(66)55(65)51(69-58)46-59-53(63)45-48-41-37-36-38-42-48;;;;;;;;;;;;;;;;;;;;;;;;/h36-38,41-42,49-51,54-58,61,64-67H,4,6,8,10,12,14,16,28,30,32,34,39,43,45-47H2,1-2H3,(H,59,63)(H,60,62);24*1H/t49-,50+,51?,54-,55-,56-,57?,58-;;;;;;;;;;;;;;;;;;;;;;;;/m0......................../s1. The number of carbonyl (C=O) groups is 2. The summed E-state index contributed by atoms with van der Waals surface area (Å²) < 4.78 is 11.5. The molecule has 8 atom stereocenters. The minimum Gasteiger partial charge on any atom is -0.390 e.